The Labute approximate surface area is 168 Å². The number of aromatic nitrogens is 6. The summed E-state index contributed by atoms with van der Waals surface area (Å²) in [5.74, 6) is 0.209. The van der Waals surface area contributed by atoms with Crippen LogP contribution in [0.5, 0.6) is 0 Å². The van der Waals surface area contributed by atoms with Gasteiger partial charge in [0.2, 0.25) is 5.91 Å². The number of rotatable bonds is 5. The quantitative estimate of drug-likeness (QED) is 0.482. The van der Waals surface area contributed by atoms with Gasteiger partial charge in [-0.05, 0) is 18.2 Å². The van der Waals surface area contributed by atoms with Crippen molar-refractivity contribution in [2.75, 3.05) is 5.32 Å². The molecule has 1 amide bonds. The second-order valence-corrected chi connectivity index (χ2v) is 6.99. The number of aromatic amines is 1. The fourth-order valence-electron chi connectivity index (χ4n) is 2.76. The van der Waals surface area contributed by atoms with Gasteiger partial charge in [-0.25, -0.2) is 9.50 Å². The molecule has 3 heterocycles. The van der Waals surface area contributed by atoms with Crippen LogP contribution >= 0.6 is 11.8 Å². The van der Waals surface area contributed by atoms with Crippen LogP contribution in [0.1, 0.15) is 18.2 Å². The van der Waals surface area contributed by atoms with Crippen LogP contribution in [0.25, 0.3) is 11.3 Å². The number of fused-ring (bicyclic) bond motifs is 1. The molecule has 0 unspecified atom stereocenters. The lowest BCUT2D eigenvalue weighted by Gasteiger charge is -2.08. The Hall–Kier alpha value is -3.91. The van der Waals surface area contributed by atoms with Crippen LogP contribution < -0.4 is 10.9 Å². The number of nitriles is 1. The van der Waals surface area contributed by atoms with Crippen LogP contribution in [0.15, 0.2) is 52.8 Å². The van der Waals surface area contributed by atoms with Crippen molar-refractivity contribution in [3.8, 4) is 11.8 Å². The summed E-state index contributed by atoms with van der Waals surface area (Å²) in [4.78, 5) is 27.9. The standard InChI is InChI=1S/C18H14N8O2S/c1-11(27)22-13-3-2-4-15(5-13)25-10-20-24-18(25)29-9-14-6-16(28)26-17(23-14)12(7-19)8-21-26/h2-6,8,10,21H,9H2,1H3,(H,22,27). The van der Waals surface area contributed by atoms with Crippen LogP contribution in [0, 0.1) is 11.3 Å². The van der Waals surface area contributed by atoms with Gasteiger partial charge in [0.15, 0.2) is 10.8 Å². The topological polar surface area (TPSA) is 134 Å². The Morgan fingerprint density at radius 3 is 3.03 bits per heavy atom. The Bertz CT molecular complexity index is 1310. The summed E-state index contributed by atoms with van der Waals surface area (Å²) >= 11 is 1.35. The summed E-state index contributed by atoms with van der Waals surface area (Å²) in [6.45, 7) is 1.45. The lowest BCUT2D eigenvalue weighted by molar-refractivity contribution is -0.114. The van der Waals surface area contributed by atoms with Crippen molar-refractivity contribution in [3.63, 3.8) is 0 Å². The fourth-order valence-corrected chi connectivity index (χ4v) is 3.58. The number of anilines is 1. The molecule has 0 aliphatic carbocycles. The highest BCUT2D eigenvalue weighted by Gasteiger charge is 2.12. The lowest BCUT2D eigenvalue weighted by atomic mass is 10.2. The van der Waals surface area contributed by atoms with Gasteiger partial charge >= 0.3 is 0 Å². The van der Waals surface area contributed by atoms with Crippen molar-refractivity contribution in [1.29, 1.82) is 5.26 Å². The molecule has 0 spiro atoms. The summed E-state index contributed by atoms with van der Waals surface area (Å²) in [6.07, 6.45) is 3.01. The minimum absolute atomic E-state index is 0.158. The number of carbonyl (C=O) groups excluding carboxylic acids is 1. The summed E-state index contributed by atoms with van der Waals surface area (Å²) in [7, 11) is 0. The van der Waals surface area contributed by atoms with Gasteiger partial charge in [0.05, 0.1) is 11.4 Å². The van der Waals surface area contributed by atoms with E-state index in [0.29, 0.717) is 33.5 Å². The van der Waals surface area contributed by atoms with Crippen LogP contribution in [0.2, 0.25) is 0 Å². The maximum atomic E-state index is 12.2. The molecule has 4 rings (SSSR count). The van der Waals surface area contributed by atoms with E-state index in [-0.39, 0.29) is 11.5 Å². The van der Waals surface area contributed by atoms with Gasteiger partial charge in [-0.1, -0.05) is 17.8 Å². The zero-order valence-corrected chi connectivity index (χ0v) is 16.0. The number of hydrogen-bond acceptors (Lipinski definition) is 7. The predicted molar refractivity (Wildman–Crippen MR) is 106 cm³/mol. The van der Waals surface area contributed by atoms with E-state index in [1.54, 1.807) is 17.0 Å². The van der Waals surface area contributed by atoms with Crippen LogP contribution in [-0.2, 0) is 10.5 Å². The van der Waals surface area contributed by atoms with Crippen LogP contribution in [0.3, 0.4) is 0 Å². The van der Waals surface area contributed by atoms with Crippen LogP contribution in [0.4, 0.5) is 5.69 Å². The number of thioether (sulfide) groups is 1. The number of hydrogen-bond donors (Lipinski definition) is 2. The second-order valence-electron chi connectivity index (χ2n) is 6.05. The Balaban J connectivity index is 1.59. The highest BCUT2D eigenvalue weighted by molar-refractivity contribution is 7.98. The molecule has 1 aromatic carbocycles. The molecule has 29 heavy (non-hydrogen) atoms. The van der Waals surface area contributed by atoms with E-state index in [0.717, 1.165) is 5.69 Å². The SMILES string of the molecule is CC(=O)Nc1cccc(-n2cnnc2SCc2cc(=O)n3[nH]cc(C#N)c3n2)c1. The molecule has 0 aliphatic rings. The molecule has 0 saturated heterocycles. The van der Waals surface area contributed by atoms with Crippen molar-refractivity contribution >= 4 is 29.0 Å². The normalized spacial score (nSPS) is 10.8. The van der Waals surface area contributed by atoms with Gasteiger partial charge in [-0.2, -0.15) is 5.26 Å². The summed E-state index contributed by atoms with van der Waals surface area (Å²) < 4.78 is 3.00. The third-order valence-corrected chi connectivity index (χ3v) is 4.96. The fraction of sp³-hybridized carbons (Fsp3) is 0.111. The lowest BCUT2D eigenvalue weighted by Crippen LogP contribution is -2.15. The first-order chi connectivity index (χ1) is 14.0. The minimum Gasteiger partial charge on any atom is -0.326 e. The smallest absolute Gasteiger partial charge is 0.272 e. The maximum Gasteiger partial charge on any atom is 0.272 e. The van der Waals surface area contributed by atoms with E-state index in [4.69, 9.17) is 5.26 Å². The first-order valence-electron chi connectivity index (χ1n) is 8.46. The zero-order valence-electron chi connectivity index (χ0n) is 15.2. The van der Waals surface area contributed by atoms with Gasteiger partial charge in [0.25, 0.3) is 5.56 Å². The molecule has 2 N–H and O–H groups in total. The van der Waals surface area contributed by atoms with Gasteiger partial charge in [-0.15, -0.1) is 10.2 Å². The van der Waals surface area contributed by atoms with Gasteiger partial charge in [-0.3, -0.25) is 19.3 Å². The highest BCUT2D eigenvalue weighted by Crippen LogP contribution is 2.24. The third-order valence-electron chi connectivity index (χ3n) is 3.98. The average Bonchev–Trinajstić information content (AvgIpc) is 3.33. The van der Waals surface area contributed by atoms with E-state index in [1.165, 1.54) is 35.5 Å². The monoisotopic (exact) mass is 406 g/mol. The molecule has 0 aliphatic heterocycles. The van der Waals surface area contributed by atoms with E-state index in [2.05, 4.69) is 25.6 Å². The Kier molecular flexibility index (Phi) is 4.84. The van der Waals surface area contributed by atoms with Crippen molar-refractivity contribution in [3.05, 3.63) is 64.5 Å². The first kappa shape index (κ1) is 18.5. The molecular weight excluding hydrogens is 392 g/mol. The molecule has 4 aromatic rings. The van der Waals surface area contributed by atoms with Gasteiger partial charge < -0.3 is 5.32 Å². The van der Waals surface area contributed by atoms with Crippen LogP contribution in [-0.4, -0.2) is 35.3 Å². The van der Waals surface area contributed by atoms with E-state index < -0.39 is 0 Å². The number of nitrogens with zero attached hydrogens (tertiary/aromatic N) is 6. The number of amides is 1. The average molecular weight is 406 g/mol. The minimum atomic E-state index is -0.295. The number of H-pyrrole nitrogens is 1. The van der Waals surface area contributed by atoms with Crippen molar-refractivity contribution in [1.82, 2.24) is 29.4 Å². The van der Waals surface area contributed by atoms with Crippen molar-refractivity contribution in [2.45, 2.75) is 17.8 Å². The molecule has 3 aromatic heterocycles. The second kappa shape index (κ2) is 7.61. The zero-order chi connectivity index (χ0) is 20.4. The first-order valence-corrected chi connectivity index (χ1v) is 9.45. The largest absolute Gasteiger partial charge is 0.326 e. The summed E-state index contributed by atoms with van der Waals surface area (Å²) in [5.41, 5.74) is 2.27. The Morgan fingerprint density at radius 1 is 1.38 bits per heavy atom. The molecule has 0 bridgehead atoms. The van der Waals surface area contributed by atoms with E-state index in [1.807, 2.05) is 24.3 Å². The molecule has 0 atom stereocenters. The number of benzene rings is 1. The van der Waals surface area contributed by atoms with E-state index in [9.17, 15) is 9.59 Å². The van der Waals surface area contributed by atoms with Gasteiger partial charge in [0, 0.05) is 30.6 Å². The number of nitrogens with one attached hydrogen (secondary N) is 2. The molecule has 11 heteroatoms. The Morgan fingerprint density at radius 2 is 2.24 bits per heavy atom. The van der Waals surface area contributed by atoms with E-state index >= 15 is 0 Å². The molecule has 10 nitrogen and oxygen atoms in total. The van der Waals surface area contributed by atoms with Crippen molar-refractivity contribution < 1.29 is 4.79 Å². The predicted octanol–water partition coefficient (Wildman–Crippen LogP) is 1.73. The molecular formula is C18H14N8O2S. The molecule has 0 radical (unpaired) electrons. The summed E-state index contributed by atoms with van der Waals surface area (Å²) in [5, 5.41) is 23.3. The summed E-state index contributed by atoms with van der Waals surface area (Å²) in [6, 6.07) is 10.7. The van der Waals surface area contributed by atoms with Crippen molar-refractivity contribution in [2.24, 2.45) is 0 Å². The molecule has 144 valence electrons. The third kappa shape index (κ3) is 3.74. The highest BCUT2D eigenvalue weighted by atomic mass is 32.2. The number of carbonyl (C=O) groups is 1. The van der Waals surface area contributed by atoms with Gasteiger partial charge in [0.1, 0.15) is 18.0 Å². The molecule has 0 fully saturated rings. The molecule has 0 saturated carbocycles. The maximum absolute atomic E-state index is 12.2.